The topological polar surface area (TPSA) is 79.0 Å². The van der Waals surface area contributed by atoms with Crippen molar-refractivity contribution in [3.05, 3.63) is 39.5 Å². The van der Waals surface area contributed by atoms with Crippen molar-refractivity contribution >= 4 is 29.0 Å². The first-order valence-electron chi connectivity index (χ1n) is 8.05. The van der Waals surface area contributed by atoms with Crippen LogP contribution in [0.3, 0.4) is 0 Å². The van der Waals surface area contributed by atoms with Crippen LogP contribution in [0.15, 0.2) is 26.9 Å². The van der Waals surface area contributed by atoms with Crippen molar-refractivity contribution in [1.29, 1.82) is 0 Å². The molecule has 24 heavy (non-hydrogen) atoms. The summed E-state index contributed by atoms with van der Waals surface area (Å²) in [5.74, 6) is 1.22. The average molecular weight is 364 g/mol. The van der Waals surface area contributed by atoms with Gasteiger partial charge in [-0.3, -0.25) is 9.59 Å². The molecular formula is C16H20N4O2S2. The first-order valence-corrected chi connectivity index (χ1v) is 9.92. The first-order chi connectivity index (χ1) is 11.7. The molecule has 1 amide bonds. The lowest BCUT2D eigenvalue weighted by Gasteiger charge is -2.32. The molecule has 0 unspecified atom stereocenters. The summed E-state index contributed by atoms with van der Waals surface area (Å²) in [6.07, 6.45) is 3.66. The highest BCUT2D eigenvalue weighted by atomic mass is 32.2. The largest absolute Gasteiger partial charge is 0.342 e. The molecule has 2 aromatic heterocycles. The second-order valence-corrected chi connectivity index (χ2v) is 8.10. The van der Waals surface area contributed by atoms with Gasteiger partial charge in [0.25, 0.3) is 5.56 Å². The Morgan fingerprint density at radius 1 is 1.54 bits per heavy atom. The number of aromatic amines is 1. The molecule has 0 aromatic carbocycles. The van der Waals surface area contributed by atoms with Crippen molar-refractivity contribution in [3.63, 3.8) is 0 Å². The van der Waals surface area contributed by atoms with Crippen LogP contribution >= 0.6 is 23.1 Å². The number of carbonyl (C=O) groups is 1. The maximum Gasteiger partial charge on any atom is 0.250 e. The minimum Gasteiger partial charge on any atom is -0.342 e. The minimum atomic E-state index is -0.146. The number of thiazole rings is 1. The van der Waals surface area contributed by atoms with Crippen LogP contribution in [-0.4, -0.2) is 44.6 Å². The predicted octanol–water partition coefficient (Wildman–Crippen LogP) is 2.29. The number of nitrogens with zero attached hydrogens (tertiary/aromatic N) is 3. The molecule has 8 heteroatoms. The molecule has 128 valence electrons. The lowest BCUT2D eigenvalue weighted by Crippen LogP contribution is -2.40. The summed E-state index contributed by atoms with van der Waals surface area (Å²) in [7, 11) is 0. The molecule has 1 aliphatic rings. The number of carbonyl (C=O) groups excluding carboxylic acids is 1. The van der Waals surface area contributed by atoms with Gasteiger partial charge in [-0.1, -0.05) is 18.7 Å². The number of rotatable bonds is 5. The number of hydrogen-bond donors (Lipinski definition) is 1. The zero-order valence-corrected chi connectivity index (χ0v) is 15.2. The van der Waals surface area contributed by atoms with Crippen LogP contribution < -0.4 is 5.56 Å². The summed E-state index contributed by atoms with van der Waals surface area (Å²) in [6, 6.07) is 1.54. The van der Waals surface area contributed by atoms with Crippen LogP contribution in [0.25, 0.3) is 0 Å². The van der Waals surface area contributed by atoms with Gasteiger partial charge in [-0.15, -0.1) is 11.3 Å². The van der Waals surface area contributed by atoms with E-state index in [1.807, 2.05) is 10.3 Å². The Bertz CT molecular complexity index is 758. The molecule has 0 spiro atoms. The summed E-state index contributed by atoms with van der Waals surface area (Å²) in [5, 5.41) is 1.97. The highest BCUT2D eigenvalue weighted by Crippen LogP contribution is 2.26. The van der Waals surface area contributed by atoms with Crippen LogP contribution in [-0.2, 0) is 11.2 Å². The smallest absolute Gasteiger partial charge is 0.250 e. The van der Waals surface area contributed by atoms with Crippen molar-refractivity contribution < 1.29 is 4.79 Å². The van der Waals surface area contributed by atoms with E-state index in [0.29, 0.717) is 13.0 Å². The maximum absolute atomic E-state index is 12.6. The highest BCUT2D eigenvalue weighted by molar-refractivity contribution is 8.00. The molecule has 2 aromatic rings. The number of H-pyrrole nitrogens is 1. The Morgan fingerprint density at radius 3 is 3.21 bits per heavy atom. The maximum atomic E-state index is 12.6. The van der Waals surface area contributed by atoms with Crippen molar-refractivity contribution in [2.75, 3.05) is 18.8 Å². The summed E-state index contributed by atoms with van der Waals surface area (Å²) in [5.41, 5.74) is 1.47. The molecule has 1 N–H and O–H groups in total. The third kappa shape index (κ3) is 4.24. The van der Waals surface area contributed by atoms with Gasteiger partial charge in [0.1, 0.15) is 4.34 Å². The zero-order valence-electron chi connectivity index (χ0n) is 13.5. The third-order valence-electron chi connectivity index (χ3n) is 4.02. The van der Waals surface area contributed by atoms with Crippen LogP contribution in [0.4, 0.5) is 0 Å². The van der Waals surface area contributed by atoms with E-state index < -0.39 is 0 Å². The Balaban J connectivity index is 1.63. The van der Waals surface area contributed by atoms with Crippen LogP contribution in [0.2, 0.25) is 0 Å². The molecule has 3 rings (SSSR count). The van der Waals surface area contributed by atoms with E-state index in [4.69, 9.17) is 0 Å². The third-order valence-corrected chi connectivity index (χ3v) is 5.97. The fourth-order valence-electron chi connectivity index (χ4n) is 2.88. The number of thioether (sulfide) groups is 1. The molecule has 0 saturated carbocycles. The number of piperidine rings is 1. The zero-order chi connectivity index (χ0) is 16.9. The highest BCUT2D eigenvalue weighted by Gasteiger charge is 2.26. The average Bonchev–Trinajstić information content (AvgIpc) is 3.02. The molecule has 1 atom stereocenters. The number of aromatic nitrogens is 3. The van der Waals surface area contributed by atoms with E-state index in [-0.39, 0.29) is 17.4 Å². The molecule has 1 saturated heterocycles. The lowest BCUT2D eigenvalue weighted by molar-refractivity contribution is -0.131. The first kappa shape index (κ1) is 17.2. The number of nitrogens with one attached hydrogen (secondary N) is 1. The van der Waals surface area contributed by atoms with E-state index >= 15 is 0 Å². The van der Waals surface area contributed by atoms with Gasteiger partial charge in [0.2, 0.25) is 5.91 Å². The van der Waals surface area contributed by atoms with Gasteiger partial charge in [0, 0.05) is 30.5 Å². The number of amides is 1. The van der Waals surface area contributed by atoms with Crippen LogP contribution in [0, 0.1) is 0 Å². The van der Waals surface area contributed by atoms with Gasteiger partial charge in [-0.05, 0) is 18.6 Å². The van der Waals surface area contributed by atoms with Gasteiger partial charge in [-0.25, -0.2) is 9.97 Å². The Hall–Kier alpha value is -1.67. The lowest BCUT2D eigenvalue weighted by atomic mass is 9.94. The molecule has 1 aliphatic heterocycles. The van der Waals surface area contributed by atoms with E-state index in [9.17, 15) is 9.59 Å². The summed E-state index contributed by atoms with van der Waals surface area (Å²) in [6.45, 7) is 3.47. The predicted molar refractivity (Wildman–Crippen MR) is 95.6 cm³/mol. The summed E-state index contributed by atoms with van der Waals surface area (Å²) < 4.78 is 1.02. The molecule has 0 aliphatic carbocycles. The number of likely N-dealkylation sites (tertiary alicyclic amines) is 1. The second-order valence-electron chi connectivity index (χ2n) is 5.73. The number of hydrogen-bond acceptors (Lipinski definition) is 6. The summed E-state index contributed by atoms with van der Waals surface area (Å²) >= 11 is 3.29. The Labute approximate surface area is 148 Å². The van der Waals surface area contributed by atoms with Crippen molar-refractivity contribution in [1.82, 2.24) is 19.9 Å². The molecule has 1 fully saturated rings. The molecule has 0 bridgehead atoms. The second kappa shape index (κ2) is 7.94. The van der Waals surface area contributed by atoms with Crippen molar-refractivity contribution in [3.8, 4) is 0 Å². The van der Waals surface area contributed by atoms with Crippen molar-refractivity contribution in [2.24, 2.45) is 0 Å². The van der Waals surface area contributed by atoms with Gasteiger partial charge >= 0.3 is 0 Å². The Morgan fingerprint density at radius 2 is 2.42 bits per heavy atom. The van der Waals surface area contributed by atoms with E-state index in [0.717, 1.165) is 40.9 Å². The normalized spacial score (nSPS) is 17.9. The van der Waals surface area contributed by atoms with Gasteiger partial charge in [0.05, 0.1) is 24.1 Å². The van der Waals surface area contributed by atoms with Gasteiger partial charge in [-0.2, -0.15) is 0 Å². The molecular weight excluding hydrogens is 344 g/mol. The quantitative estimate of drug-likeness (QED) is 0.824. The fraction of sp³-hybridized carbons (Fsp3) is 0.500. The Kier molecular flexibility index (Phi) is 5.68. The fourth-order valence-corrected chi connectivity index (χ4v) is 4.62. The van der Waals surface area contributed by atoms with Crippen LogP contribution in [0.1, 0.15) is 37.1 Å². The van der Waals surface area contributed by atoms with Gasteiger partial charge < -0.3 is 9.88 Å². The minimum absolute atomic E-state index is 0.0999. The van der Waals surface area contributed by atoms with E-state index in [2.05, 4.69) is 21.9 Å². The standard InChI is InChI=1S/C16H20N4O2S2/c1-2-23-16-19-12(9-24-16)6-15(22)20-5-3-4-11(8-20)13-7-14(21)18-10-17-13/h7,9-11H,2-6,8H2,1H3,(H,17,18,21)/t11-/m0/s1. The van der Waals surface area contributed by atoms with E-state index in [1.165, 1.54) is 12.4 Å². The molecule has 3 heterocycles. The van der Waals surface area contributed by atoms with Gasteiger partial charge in [0.15, 0.2) is 0 Å². The molecule has 0 radical (unpaired) electrons. The summed E-state index contributed by atoms with van der Waals surface area (Å²) in [4.78, 5) is 37.2. The molecule has 6 nitrogen and oxygen atoms in total. The van der Waals surface area contributed by atoms with Crippen molar-refractivity contribution in [2.45, 2.75) is 36.4 Å². The SMILES string of the molecule is CCSc1nc(CC(=O)N2CCC[C@H](c3cc(=O)[nH]cn3)C2)cs1. The monoisotopic (exact) mass is 364 g/mol. The van der Waals surface area contributed by atoms with E-state index in [1.54, 1.807) is 23.1 Å². The van der Waals surface area contributed by atoms with Crippen LogP contribution in [0.5, 0.6) is 0 Å².